The third kappa shape index (κ3) is 4.76. The second-order valence-electron chi connectivity index (χ2n) is 5.40. The molecule has 1 fully saturated rings. The van der Waals surface area contributed by atoms with E-state index in [0.717, 1.165) is 12.8 Å². The lowest BCUT2D eigenvalue weighted by Gasteiger charge is -2.30. The van der Waals surface area contributed by atoms with Gasteiger partial charge in [-0.05, 0) is 19.9 Å². The summed E-state index contributed by atoms with van der Waals surface area (Å²) < 4.78 is 23.2. The van der Waals surface area contributed by atoms with Crippen molar-refractivity contribution in [2.24, 2.45) is 5.92 Å². The monoisotopic (exact) mass is 290 g/mol. The molecule has 19 heavy (non-hydrogen) atoms. The fourth-order valence-electron chi connectivity index (χ4n) is 2.50. The zero-order valence-corrected chi connectivity index (χ0v) is 13.0. The van der Waals surface area contributed by atoms with Crippen molar-refractivity contribution in [3.05, 3.63) is 0 Å². The highest BCUT2D eigenvalue weighted by molar-refractivity contribution is 7.91. The molecule has 0 aromatic rings. The number of carbonyl (C=O) groups excluding carboxylic acids is 1. The smallest absolute Gasteiger partial charge is 0.226 e. The predicted molar refractivity (Wildman–Crippen MR) is 76.8 cm³/mol. The second-order valence-corrected chi connectivity index (χ2v) is 7.63. The van der Waals surface area contributed by atoms with Gasteiger partial charge in [0.25, 0.3) is 0 Å². The van der Waals surface area contributed by atoms with Crippen molar-refractivity contribution in [1.82, 2.24) is 10.2 Å². The van der Waals surface area contributed by atoms with Crippen LogP contribution in [0.5, 0.6) is 0 Å². The van der Waals surface area contributed by atoms with Gasteiger partial charge in [0.15, 0.2) is 9.84 Å². The largest absolute Gasteiger partial charge is 0.338 e. The van der Waals surface area contributed by atoms with Crippen molar-refractivity contribution in [2.45, 2.75) is 39.2 Å². The number of unbranched alkanes of at least 4 members (excludes halogenated alkanes) is 1. The lowest BCUT2D eigenvalue weighted by atomic mass is 10.1. The summed E-state index contributed by atoms with van der Waals surface area (Å²) in [6.45, 7) is 5.26. The van der Waals surface area contributed by atoms with E-state index in [1.54, 1.807) is 4.90 Å². The fraction of sp³-hybridized carbons (Fsp3) is 0.923. The van der Waals surface area contributed by atoms with Crippen LogP contribution in [0, 0.1) is 5.92 Å². The first-order valence-corrected chi connectivity index (χ1v) is 8.89. The van der Waals surface area contributed by atoms with Gasteiger partial charge in [-0.25, -0.2) is 8.42 Å². The number of rotatable bonds is 7. The molecule has 0 spiro atoms. The molecule has 5 nitrogen and oxygen atoms in total. The molecule has 0 aromatic carbocycles. The van der Waals surface area contributed by atoms with Crippen molar-refractivity contribution in [2.75, 3.05) is 31.6 Å². The van der Waals surface area contributed by atoms with Crippen LogP contribution in [0.3, 0.4) is 0 Å². The van der Waals surface area contributed by atoms with Crippen LogP contribution in [0.25, 0.3) is 0 Å². The summed E-state index contributed by atoms with van der Waals surface area (Å²) in [5, 5.41) is 3.00. The highest BCUT2D eigenvalue weighted by Gasteiger charge is 2.35. The zero-order valence-electron chi connectivity index (χ0n) is 12.2. The maximum absolute atomic E-state index is 12.4. The molecule has 1 amide bonds. The Balaban J connectivity index is 2.74. The average Bonchev–Trinajstić information content (AvgIpc) is 2.70. The highest BCUT2D eigenvalue weighted by Crippen LogP contribution is 2.20. The number of sulfone groups is 1. The van der Waals surface area contributed by atoms with Crippen LogP contribution in [-0.4, -0.2) is 56.9 Å². The summed E-state index contributed by atoms with van der Waals surface area (Å²) in [7, 11) is -1.13. The van der Waals surface area contributed by atoms with Crippen molar-refractivity contribution in [3.63, 3.8) is 0 Å². The van der Waals surface area contributed by atoms with Gasteiger partial charge in [0.2, 0.25) is 5.91 Å². The normalized spacial score (nSPS) is 23.2. The Morgan fingerprint density at radius 1 is 1.47 bits per heavy atom. The molecule has 0 saturated carbocycles. The lowest BCUT2D eigenvalue weighted by Crippen LogP contribution is -2.46. The van der Waals surface area contributed by atoms with E-state index in [4.69, 9.17) is 0 Å². The van der Waals surface area contributed by atoms with Crippen LogP contribution in [0.2, 0.25) is 0 Å². The van der Waals surface area contributed by atoms with E-state index in [-0.39, 0.29) is 29.4 Å². The summed E-state index contributed by atoms with van der Waals surface area (Å²) in [4.78, 5) is 14.2. The Labute approximate surface area is 116 Å². The molecule has 0 bridgehead atoms. The molecule has 0 radical (unpaired) electrons. The quantitative estimate of drug-likeness (QED) is 0.748. The summed E-state index contributed by atoms with van der Waals surface area (Å²) in [6, 6.07) is -0.122. The van der Waals surface area contributed by atoms with Gasteiger partial charge in [0.1, 0.15) is 0 Å². The minimum atomic E-state index is -2.95. The number of amides is 1. The van der Waals surface area contributed by atoms with Gasteiger partial charge in [-0.1, -0.05) is 20.3 Å². The molecule has 0 aliphatic carbocycles. The standard InChI is InChI=1S/C13H26N2O3S/c1-4-5-7-15(13(16)11(2)9-14-3)12-6-8-19(17,18)10-12/h11-12,14H,4-10H2,1-3H3. The molecule has 1 aliphatic heterocycles. The first-order chi connectivity index (χ1) is 8.91. The van der Waals surface area contributed by atoms with Crippen LogP contribution in [0.15, 0.2) is 0 Å². The maximum Gasteiger partial charge on any atom is 0.226 e. The zero-order chi connectivity index (χ0) is 14.5. The van der Waals surface area contributed by atoms with Gasteiger partial charge in [-0.3, -0.25) is 4.79 Å². The molecule has 2 atom stereocenters. The predicted octanol–water partition coefficient (Wildman–Crippen LogP) is 0.658. The minimum Gasteiger partial charge on any atom is -0.338 e. The van der Waals surface area contributed by atoms with E-state index < -0.39 is 9.84 Å². The Hall–Kier alpha value is -0.620. The highest BCUT2D eigenvalue weighted by atomic mass is 32.2. The minimum absolute atomic E-state index is 0.0740. The van der Waals surface area contributed by atoms with Crippen LogP contribution in [0.4, 0.5) is 0 Å². The lowest BCUT2D eigenvalue weighted by molar-refractivity contribution is -0.136. The topological polar surface area (TPSA) is 66.5 Å². The van der Waals surface area contributed by atoms with E-state index in [0.29, 0.717) is 19.5 Å². The van der Waals surface area contributed by atoms with E-state index in [2.05, 4.69) is 12.2 Å². The summed E-state index contributed by atoms with van der Waals surface area (Å²) >= 11 is 0. The molecule has 6 heteroatoms. The third-order valence-corrected chi connectivity index (χ3v) is 5.37. The molecule has 1 aliphatic rings. The van der Waals surface area contributed by atoms with Crippen LogP contribution in [0.1, 0.15) is 33.1 Å². The van der Waals surface area contributed by atoms with Crippen LogP contribution >= 0.6 is 0 Å². The molecule has 0 aromatic heterocycles. The van der Waals surface area contributed by atoms with Crippen molar-refractivity contribution >= 4 is 15.7 Å². The maximum atomic E-state index is 12.4. The van der Waals surface area contributed by atoms with Gasteiger partial charge in [-0.2, -0.15) is 0 Å². The van der Waals surface area contributed by atoms with Gasteiger partial charge in [0, 0.05) is 25.0 Å². The second kappa shape index (κ2) is 7.24. The Kier molecular flexibility index (Phi) is 6.26. The van der Waals surface area contributed by atoms with Crippen molar-refractivity contribution < 1.29 is 13.2 Å². The van der Waals surface area contributed by atoms with E-state index in [1.165, 1.54) is 0 Å². The molecular formula is C13H26N2O3S. The molecule has 112 valence electrons. The van der Waals surface area contributed by atoms with E-state index >= 15 is 0 Å². The number of hydrogen-bond acceptors (Lipinski definition) is 4. The molecule has 1 N–H and O–H groups in total. The first-order valence-electron chi connectivity index (χ1n) is 7.06. The third-order valence-electron chi connectivity index (χ3n) is 3.62. The number of carbonyl (C=O) groups is 1. The Bertz CT molecular complexity index is 395. The first kappa shape index (κ1) is 16.4. The molecule has 1 heterocycles. The van der Waals surface area contributed by atoms with E-state index in [9.17, 15) is 13.2 Å². The Morgan fingerprint density at radius 2 is 2.16 bits per heavy atom. The summed E-state index contributed by atoms with van der Waals surface area (Å²) in [6.07, 6.45) is 2.52. The molecule has 2 unspecified atom stereocenters. The molecule has 1 rings (SSSR count). The van der Waals surface area contributed by atoms with Gasteiger partial charge >= 0.3 is 0 Å². The average molecular weight is 290 g/mol. The summed E-state index contributed by atoms with van der Waals surface area (Å²) in [5.41, 5.74) is 0. The number of nitrogens with one attached hydrogen (secondary N) is 1. The summed E-state index contributed by atoms with van der Waals surface area (Å²) in [5.74, 6) is 0.318. The fourth-order valence-corrected chi connectivity index (χ4v) is 4.23. The molecule has 1 saturated heterocycles. The van der Waals surface area contributed by atoms with Crippen molar-refractivity contribution in [3.8, 4) is 0 Å². The van der Waals surface area contributed by atoms with Crippen molar-refractivity contribution in [1.29, 1.82) is 0 Å². The van der Waals surface area contributed by atoms with E-state index in [1.807, 2.05) is 14.0 Å². The van der Waals surface area contributed by atoms with Gasteiger partial charge in [0.05, 0.1) is 11.5 Å². The van der Waals surface area contributed by atoms with Crippen LogP contribution in [-0.2, 0) is 14.6 Å². The number of nitrogens with zero attached hydrogens (tertiary/aromatic N) is 1. The van der Waals surface area contributed by atoms with Gasteiger partial charge in [-0.15, -0.1) is 0 Å². The van der Waals surface area contributed by atoms with Gasteiger partial charge < -0.3 is 10.2 Å². The van der Waals surface area contributed by atoms with Crippen LogP contribution < -0.4 is 5.32 Å². The SMILES string of the molecule is CCCCN(C(=O)C(C)CNC)C1CCS(=O)(=O)C1. The number of hydrogen-bond donors (Lipinski definition) is 1. The Morgan fingerprint density at radius 3 is 2.63 bits per heavy atom. The molecular weight excluding hydrogens is 264 g/mol.